The minimum Gasteiger partial charge on any atom is -0.478 e. The first-order chi connectivity index (χ1) is 17.7. The number of carbonyl (C=O) groups excluding carboxylic acids is 2. The van der Waals surface area contributed by atoms with Crippen molar-refractivity contribution < 1.29 is 33.7 Å². The lowest BCUT2D eigenvalue weighted by Gasteiger charge is -2.38. The molecule has 0 heterocycles. The molecule has 3 unspecified atom stereocenters. The fraction of sp³-hybridized carbons (Fsp3) is 0.464. The summed E-state index contributed by atoms with van der Waals surface area (Å²) in [5.74, 6) is 0.722. The summed E-state index contributed by atoms with van der Waals surface area (Å²) in [5.41, 5.74) is 0.897. The fourth-order valence-electron chi connectivity index (χ4n) is 4.91. The van der Waals surface area contributed by atoms with Gasteiger partial charge in [-0.2, -0.15) is 0 Å². The van der Waals surface area contributed by atoms with Gasteiger partial charge in [0.2, 0.25) is 5.91 Å². The highest BCUT2D eigenvalue weighted by Crippen LogP contribution is 2.37. The summed E-state index contributed by atoms with van der Waals surface area (Å²) in [6.45, 7) is 8.49. The van der Waals surface area contributed by atoms with E-state index in [0.29, 0.717) is 34.9 Å². The average molecular weight is 513 g/mol. The molecule has 0 radical (unpaired) electrons. The molecule has 3 N–H and O–H groups in total. The van der Waals surface area contributed by atoms with Gasteiger partial charge < -0.3 is 24.6 Å². The summed E-state index contributed by atoms with van der Waals surface area (Å²) in [5, 5.41) is 14.5. The molecule has 2 aromatic carbocycles. The molecule has 9 heteroatoms. The molecule has 3 rings (SSSR count). The second-order valence-electron chi connectivity index (χ2n) is 9.62. The first-order valence-corrected chi connectivity index (χ1v) is 12.7. The van der Waals surface area contributed by atoms with Gasteiger partial charge in [0, 0.05) is 11.8 Å². The van der Waals surface area contributed by atoms with Gasteiger partial charge in [0.05, 0.1) is 24.0 Å². The molecular weight excluding hydrogens is 476 g/mol. The van der Waals surface area contributed by atoms with Crippen molar-refractivity contribution in [2.45, 2.75) is 53.1 Å². The minimum absolute atomic E-state index is 0.0540. The van der Waals surface area contributed by atoms with Gasteiger partial charge in [0.15, 0.2) is 5.75 Å². The van der Waals surface area contributed by atoms with E-state index >= 15 is 0 Å². The molecule has 1 fully saturated rings. The van der Waals surface area contributed by atoms with Crippen LogP contribution in [-0.2, 0) is 14.3 Å². The number of benzene rings is 2. The van der Waals surface area contributed by atoms with E-state index in [9.17, 15) is 14.4 Å². The van der Waals surface area contributed by atoms with E-state index in [-0.39, 0.29) is 36.5 Å². The largest absolute Gasteiger partial charge is 0.478 e. The lowest BCUT2D eigenvalue weighted by Crippen LogP contribution is -2.38. The zero-order valence-electron chi connectivity index (χ0n) is 21.8. The van der Waals surface area contributed by atoms with E-state index < -0.39 is 12.1 Å². The molecule has 0 aliphatic heterocycles. The van der Waals surface area contributed by atoms with Gasteiger partial charge in [0.1, 0.15) is 12.4 Å². The Balaban J connectivity index is 1.71. The summed E-state index contributed by atoms with van der Waals surface area (Å²) in [7, 11) is 0. The smallest absolute Gasteiger partial charge is 0.411 e. The topological polar surface area (TPSA) is 123 Å². The summed E-state index contributed by atoms with van der Waals surface area (Å²) in [4.78, 5) is 35.8. The normalized spacial score (nSPS) is 19.2. The predicted molar refractivity (Wildman–Crippen MR) is 140 cm³/mol. The van der Waals surface area contributed by atoms with Crippen molar-refractivity contribution in [2.75, 3.05) is 23.8 Å². The number of carboxylic acids is 1. The van der Waals surface area contributed by atoms with Crippen LogP contribution in [-0.4, -0.2) is 42.4 Å². The van der Waals surface area contributed by atoms with Gasteiger partial charge in [-0.15, -0.1) is 0 Å². The average Bonchev–Trinajstić information content (AvgIpc) is 2.84. The first kappa shape index (κ1) is 28.0. The summed E-state index contributed by atoms with van der Waals surface area (Å²) in [6.07, 6.45) is 2.63. The third-order valence-electron chi connectivity index (χ3n) is 6.54. The Hall–Kier alpha value is -3.59. The molecule has 9 nitrogen and oxygen atoms in total. The third kappa shape index (κ3) is 7.95. The maximum atomic E-state index is 12.7. The van der Waals surface area contributed by atoms with E-state index in [4.69, 9.17) is 19.3 Å². The van der Waals surface area contributed by atoms with Crippen LogP contribution in [0, 0.1) is 17.8 Å². The highest BCUT2D eigenvalue weighted by Gasteiger charge is 2.33. The van der Waals surface area contributed by atoms with Crippen molar-refractivity contribution in [2.24, 2.45) is 17.8 Å². The van der Waals surface area contributed by atoms with E-state index in [2.05, 4.69) is 31.4 Å². The Morgan fingerprint density at radius 3 is 2.43 bits per heavy atom. The molecule has 2 amide bonds. The number of aromatic carboxylic acids is 1. The Kier molecular flexibility index (Phi) is 9.91. The highest BCUT2D eigenvalue weighted by atomic mass is 16.5. The molecule has 1 saturated carbocycles. The number of carboxylic acid groups (broad SMARTS) is 1. The van der Waals surface area contributed by atoms with Crippen molar-refractivity contribution in [3.8, 4) is 11.5 Å². The van der Waals surface area contributed by atoms with Crippen LogP contribution in [0.1, 0.15) is 57.3 Å². The summed E-state index contributed by atoms with van der Waals surface area (Å²) < 4.78 is 16.9. The molecule has 0 spiro atoms. The van der Waals surface area contributed by atoms with Crippen molar-refractivity contribution in [1.82, 2.24) is 0 Å². The number of amides is 2. The molecule has 200 valence electrons. The van der Waals surface area contributed by atoms with Crippen molar-refractivity contribution in [3.05, 3.63) is 48.0 Å². The molecular formula is C28H36N2O7. The van der Waals surface area contributed by atoms with Crippen molar-refractivity contribution in [1.29, 1.82) is 0 Å². The van der Waals surface area contributed by atoms with Crippen LogP contribution in [0.2, 0.25) is 0 Å². The number of hydrogen-bond donors (Lipinski definition) is 3. The number of hydrogen-bond acceptors (Lipinski definition) is 6. The van der Waals surface area contributed by atoms with Gasteiger partial charge in [-0.1, -0.05) is 33.6 Å². The number of carbonyl (C=O) groups is 3. The van der Waals surface area contributed by atoms with Crippen LogP contribution in [0.3, 0.4) is 0 Å². The Labute approximate surface area is 217 Å². The van der Waals surface area contributed by atoms with Crippen LogP contribution in [0.15, 0.2) is 42.5 Å². The Morgan fingerprint density at radius 2 is 1.78 bits per heavy atom. The van der Waals surface area contributed by atoms with Crippen LogP contribution >= 0.6 is 0 Å². The van der Waals surface area contributed by atoms with E-state index in [1.807, 2.05) is 0 Å². The second-order valence-corrected chi connectivity index (χ2v) is 9.62. The summed E-state index contributed by atoms with van der Waals surface area (Å²) >= 11 is 0. The number of ether oxygens (including phenoxy) is 3. The third-order valence-corrected chi connectivity index (χ3v) is 6.54. The zero-order valence-corrected chi connectivity index (χ0v) is 21.8. The molecule has 0 aromatic heterocycles. The lowest BCUT2D eigenvalue weighted by molar-refractivity contribution is -0.126. The van der Waals surface area contributed by atoms with Gasteiger partial charge in [-0.3, -0.25) is 10.1 Å². The molecule has 0 bridgehead atoms. The highest BCUT2D eigenvalue weighted by molar-refractivity contribution is 5.93. The Bertz CT molecular complexity index is 1080. The van der Waals surface area contributed by atoms with Crippen molar-refractivity contribution >= 4 is 29.3 Å². The Morgan fingerprint density at radius 1 is 1.05 bits per heavy atom. The van der Waals surface area contributed by atoms with E-state index in [0.717, 1.165) is 12.8 Å². The van der Waals surface area contributed by atoms with Gasteiger partial charge in [-0.25, -0.2) is 9.59 Å². The molecule has 37 heavy (non-hydrogen) atoms. The van der Waals surface area contributed by atoms with E-state index in [1.165, 1.54) is 30.7 Å². The SMILES string of the molecule is CCOC(=O)Nc1ccc(NC(=O)COC2CCCC(C)C2C(C)C)cc1Oc1ccc(C(=O)O)cc1. The van der Waals surface area contributed by atoms with Gasteiger partial charge in [0.25, 0.3) is 0 Å². The molecule has 0 saturated heterocycles. The van der Waals surface area contributed by atoms with Crippen LogP contribution in [0.5, 0.6) is 11.5 Å². The van der Waals surface area contributed by atoms with Crippen molar-refractivity contribution in [3.63, 3.8) is 0 Å². The van der Waals surface area contributed by atoms with Gasteiger partial charge in [-0.05, 0) is 67.5 Å². The fourth-order valence-corrected chi connectivity index (χ4v) is 4.91. The summed E-state index contributed by atoms with van der Waals surface area (Å²) in [6, 6.07) is 10.6. The standard InChI is InChI=1S/C28H36N2O7/c1-5-35-28(34)30-22-14-11-20(15-24(22)37-21-12-9-19(10-13-21)27(32)33)29-25(31)16-36-23-8-6-7-18(4)26(23)17(2)3/h9-15,17-18,23,26H,5-8,16H2,1-4H3,(H,29,31)(H,30,34)(H,32,33). The second kappa shape index (κ2) is 13.1. The molecule has 2 aromatic rings. The van der Waals surface area contributed by atoms with Crippen LogP contribution in [0.4, 0.5) is 16.2 Å². The number of anilines is 2. The van der Waals surface area contributed by atoms with E-state index in [1.54, 1.807) is 25.1 Å². The molecule has 3 atom stereocenters. The van der Waals surface area contributed by atoms with Gasteiger partial charge >= 0.3 is 12.1 Å². The number of rotatable bonds is 10. The number of nitrogens with one attached hydrogen (secondary N) is 2. The minimum atomic E-state index is -1.05. The quantitative estimate of drug-likeness (QED) is 0.348. The maximum absolute atomic E-state index is 12.7. The maximum Gasteiger partial charge on any atom is 0.411 e. The lowest BCUT2D eigenvalue weighted by atomic mass is 9.72. The van der Waals surface area contributed by atoms with Crippen LogP contribution < -0.4 is 15.4 Å². The monoisotopic (exact) mass is 512 g/mol. The zero-order chi connectivity index (χ0) is 26.9. The predicted octanol–water partition coefficient (Wildman–Crippen LogP) is 6.16. The first-order valence-electron chi connectivity index (χ1n) is 12.7. The molecule has 1 aliphatic rings. The van der Waals surface area contributed by atoms with Crippen LogP contribution in [0.25, 0.3) is 0 Å². The molecule has 1 aliphatic carbocycles.